The Kier molecular flexibility index (Phi) is 6.10. The van der Waals surface area contributed by atoms with Crippen molar-refractivity contribution in [2.75, 3.05) is 24.1 Å². The molecule has 27 heavy (non-hydrogen) atoms. The molecule has 1 amide bonds. The Bertz CT molecular complexity index is 857. The van der Waals surface area contributed by atoms with E-state index in [1.165, 1.54) is 12.5 Å². The Morgan fingerprint density at radius 3 is 2.85 bits per heavy atom. The molecule has 0 aliphatic carbocycles. The quantitative estimate of drug-likeness (QED) is 0.483. The second-order valence-electron chi connectivity index (χ2n) is 6.15. The van der Waals surface area contributed by atoms with Gasteiger partial charge in [0.1, 0.15) is 6.26 Å². The summed E-state index contributed by atoms with van der Waals surface area (Å²) in [4.78, 5) is 16.0. The van der Waals surface area contributed by atoms with E-state index in [1.807, 2.05) is 6.20 Å². The molecule has 0 radical (unpaired) electrons. The molecule has 2 aromatic rings. The largest absolute Gasteiger partial charge is 0.431 e. The molecule has 1 aromatic heterocycles. The number of rotatable bonds is 6. The fourth-order valence-electron chi connectivity index (χ4n) is 2.78. The van der Waals surface area contributed by atoms with E-state index >= 15 is 0 Å². The van der Waals surface area contributed by atoms with Gasteiger partial charge in [0.15, 0.2) is 5.69 Å². The van der Waals surface area contributed by atoms with Crippen LogP contribution in [0.25, 0.3) is 5.57 Å². The fourth-order valence-corrected chi connectivity index (χ4v) is 2.95. The predicted octanol–water partition coefficient (Wildman–Crippen LogP) is 2.49. The number of anilines is 2. The van der Waals surface area contributed by atoms with Crippen molar-refractivity contribution in [3.05, 3.63) is 46.9 Å². The maximum atomic E-state index is 12.2. The maximum absolute atomic E-state index is 12.2. The molecule has 1 aromatic carbocycles. The minimum absolute atomic E-state index is 0.0596. The highest BCUT2D eigenvalue weighted by molar-refractivity contribution is 6.34. The molecule has 142 valence electrons. The van der Waals surface area contributed by atoms with Gasteiger partial charge in [-0.25, -0.2) is 0 Å². The summed E-state index contributed by atoms with van der Waals surface area (Å²) in [7, 11) is 0. The first-order valence-electron chi connectivity index (χ1n) is 8.56. The number of nitrogen functional groups attached to an aromatic ring is 1. The Morgan fingerprint density at radius 2 is 2.19 bits per heavy atom. The van der Waals surface area contributed by atoms with Gasteiger partial charge >= 0.3 is 0 Å². The van der Waals surface area contributed by atoms with Gasteiger partial charge in [-0.3, -0.25) is 4.79 Å². The first-order valence-corrected chi connectivity index (χ1v) is 8.94. The number of nitrogens with one attached hydrogen (secondary N) is 4. The lowest BCUT2D eigenvalue weighted by Gasteiger charge is -2.23. The zero-order valence-electron chi connectivity index (χ0n) is 14.6. The number of hydrogen-bond acceptors (Lipinski definition) is 7. The molecule has 3 rings (SSSR count). The lowest BCUT2D eigenvalue weighted by Crippen LogP contribution is -2.37. The van der Waals surface area contributed by atoms with Gasteiger partial charge in [-0.15, -0.1) is 0 Å². The molecule has 0 spiro atoms. The van der Waals surface area contributed by atoms with E-state index in [0.717, 1.165) is 31.5 Å². The zero-order chi connectivity index (χ0) is 19.2. The summed E-state index contributed by atoms with van der Waals surface area (Å²) < 4.78 is 4.84. The van der Waals surface area contributed by atoms with Crippen LogP contribution in [0.1, 0.15) is 28.9 Å². The van der Waals surface area contributed by atoms with Crippen molar-refractivity contribution in [3.8, 4) is 0 Å². The number of allylic oxidation sites excluding steroid dienone is 1. The van der Waals surface area contributed by atoms with E-state index in [-0.39, 0.29) is 11.7 Å². The monoisotopic (exact) mass is 388 g/mol. The van der Waals surface area contributed by atoms with Gasteiger partial charge in [0.25, 0.3) is 11.9 Å². The predicted molar refractivity (Wildman–Crippen MR) is 106 cm³/mol. The summed E-state index contributed by atoms with van der Waals surface area (Å²) in [6.45, 7) is 1.96. The second-order valence-corrected chi connectivity index (χ2v) is 6.56. The number of nitrogens with zero attached hydrogens (tertiary/aromatic N) is 1. The SMILES string of the molecule is N=C/C(=C\NC1CCNCC1)c1ccc(Cl)c(NC(=O)c2coc(N)n2)c1. The summed E-state index contributed by atoms with van der Waals surface area (Å²) in [5.41, 5.74) is 7.30. The Morgan fingerprint density at radius 1 is 1.41 bits per heavy atom. The lowest BCUT2D eigenvalue weighted by molar-refractivity contribution is 0.102. The summed E-state index contributed by atoms with van der Waals surface area (Å²) in [5, 5.41) is 17.5. The normalized spacial score (nSPS) is 15.4. The molecule has 0 saturated carbocycles. The number of nitrogens with two attached hydrogens (primary N) is 1. The summed E-state index contributed by atoms with van der Waals surface area (Å²) in [6.07, 6.45) is 6.33. The van der Waals surface area contributed by atoms with Gasteiger partial charge in [0.2, 0.25) is 0 Å². The molecule has 8 nitrogen and oxygen atoms in total. The number of hydrogen-bond donors (Lipinski definition) is 5. The number of halogens is 1. The van der Waals surface area contributed by atoms with Crippen molar-refractivity contribution in [2.45, 2.75) is 18.9 Å². The molecule has 6 N–H and O–H groups in total. The van der Waals surface area contributed by atoms with Crippen molar-refractivity contribution in [3.63, 3.8) is 0 Å². The van der Waals surface area contributed by atoms with E-state index in [9.17, 15) is 4.79 Å². The summed E-state index contributed by atoms with van der Waals surface area (Å²) >= 11 is 6.20. The van der Waals surface area contributed by atoms with Crippen molar-refractivity contribution in [1.29, 1.82) is 5.41 Å². The van der Waals surface area contributed by atoms with Gasteiger partial charge in [-0.1, -0.05) is 17.7 Å². The number of aromatic nitrogens is 1. The van der Waals surface area contributed by atoms with Gasteiger partial charge in [-0.05, 0) is 43.6 Å². The topological polar surface area (TPSA) is 129 Å². The van der Waals surface area contributed by atoms with Crippen LogP contribution in [0.3, 0.4) is 0 Å². The van der Waals surface area contributed by atoms with E-state index in [1.54, 1.807) is 18.2 Å². The Labute approximate surface area is 161 Å². The third-order valence-electron chi connectivity index (χ3n) is 4.27. The molecule has 1 fully saturated rings. The highest BCUT2D eigenvalue weighted by Gasteiger charge is 2.14. The van der Waals surface area contributed by atoms with Crippen LogP contribution in [0.5, 0.6) is 0 Å². The Hall–Kier alpha value is -2.84. The molecule has 1 aliphatic heterocycles. The zero-order valence-corrected chi connectivity index (χ0v) is 15.3. The Balaban J connectivity index is 1.76. The van der Waals surface area contributed by atoms with E-state index in [0.29, 0.717) is 22.3 Å². The number of amides is 1. The van der Waals surface area contributed by atoms with Crippen LogP contribution >= 0.6 is 11.6 Å². The van der Waals surface area contributed by atoms with Crippen molar-refractivity contribution in [1.82, 2.24) is 15.6 Å². The smallest absolute Gasteiger partial charge is 0.292 e. The average molecular weight is 389 g/mol. The number of piperidine rings is 1. The third kappa shape index (κ3) is 4.87. The molecule has 2 heterocycles. The van der Waals surface area contributed by atoms with E-state index in [4.69, 9.17) is 27.2 Å². The molecular weight excluding hydrogens is 368 g/mol. The summed E-state index contributed by atoms with van der Waals surface area (Å²) in [5.74, 6) is -0.484. The highest BCUT2D eigenvalue weighted by Crippen LogP contribution is 2.26. The van der Waals surface area contributed by atoms with Crippen LogP contribution in [0.4, 0.5) is 11.7 Å². The highest BCUT2D eigenvalue weighted by atomic mass is 35.5. The van der Waals surface area contributed by atoms with Gasteiger partial charge in [0, 0.05) is 24.0 Å². The van der Waals surface area contributed by atoms with Gasteiger partial charge in [-0.2, -0.15) is 4.98 Å². The minimum Gasteiger partial charge on any atom is -0.431 e. The first-order chi connectivity index (χ1) is 13.1. The summed E-state index contributed by atoms with van der Waals surface area (Å²) in [6, 6.07) is 5.48. The van der Waals surface area contributed by atoms with Crippen molar-refractivity contribution in [2.24, 2.45) is 0 Å². The van der Waals surface area contributed by atoms with Crippen LogP contribution in [-0.2, 0) is 0 Å². The van der Waals surface area contributed by atoms with Gasteiger partial charge in [0.05, 0.1) is 10.7 Å². The number of oxazole rings is 1. The first kappa shape index (κ1) is 18.9. The molecule has 1 aliphatic rings. The van der Waals surface area contributed by atoms with Gasteiger partial charge < -0.3 is 31.5 Å². The molecule has 0 bridgehead atoms. The molecule has 1 saturated heterocycles. The van der Waals surface area contributed by atoms with Crippen molar-refractivity contribution >= 4 is 41.0 Å². The number of carbonyl (C=O) groups excluding carboxylic acids is 1. The second kappa shape index (κ2) is 8.70. The molecule has 0 atom stereocenters. The van der Waals surface area contributed by atoms with Crippen LogP contribution in [0.15, 0.2) is 35.1 Å². The van der Waals surface area contributed by atoms with Crippen LogP contribution in [-0.4, -0.2) is 36.2 Å². The molecular formula is C18H21ClN6O2. The molecule has 9 heteroatoms. The third-order valence-corrected chi connectivity index (χ3v) is 4.60. The van der Waals surface area contributed by atoms with Crippen LogP contribution < -0.4 is 21.7 Å². The fraction of sp³-hybridized carbons (Fsp3) is 0.278. The maximum Gasteiger partial charge on any atom is 0.292 e. The standard InChI is InChI=1S/C18H21ClN6O2/c19-14-2-1-11(12(8-20)9-23-13-3-5-22-6-4-13)7-15(14)24-17(26)16-10-27-18(21)25-16/h1-2,7-10,13,20,22-23H,3-6H2,(H2,21,25)(H,24,26)/b12-9+,20-8?. The van der Waals surface area contributed by atoms with Crippen LogP contribution in [0, 0.1) is 5.41 Å². The minimum atomic E-state index is -0.484. The number of benzene rings is 1. The molecule has 0 unspecified atom stereocenters. The van der Waals surface area contributed by atoms with E-state index < -0.39 is 5.91 Å². The lowest BCUT2D eigenvalue weighted by atomic mass is 10.0. The number of carbonyl (C=O) groups is 1. The van der Waals surface area contributed by atoms with E-state index in [2.05, 4.69) is 20.9 Å². The van der Waals surface area contributed by atoms with Crippen molar-refractivity contribution < 1.29 is 9.21 Å². The van der Waals surface area contributed by atoms with Crippen LogP contribution in [0.2, 0.25) is 5.02 Å². The average Bonchev–Trinajstić information content (AvgIpc) is 3.12.